The van der Waals surface area contributed by atoms with E-state index in [-0.39, 0.29) is 5.91 Å². The molecule has 0 spiro atoms. The first-order chi connectivity index (χ1) is 11.2. The molecule has 0 fully saturated rings. The van der Waals surface area contributed by atoms with Gasteiger partial charge in [-0.1, -0.05) is 12.1 Å². The predicted octanol–water partition coefficient (Wildman–Crippen LogP) is 1.85. The number of fused-ring (bicyclic) bond motifs is 1. The van der Waals surface area contributed by atoms with Gasteiger partial charge in [-0.3, -0.25) is 10.2 Å². The molecule has 23 heavy (non-hydrogen) atoms. The number of nitrogens with one attached hydrogen (secondary N) is 2. The van der Waals surface area contributed by atoms with Crippen LogP contribution in [0.3, 0.4) is 0 Å². The van der Waals surface area contributed by atoms with Crippen LogP contribution in [0.15, 0.2) is 36.4 Å². The van der Waals surface area contributed by atoms with Gasteiger partial charge in [-0.25, -0.2) is 10.8 Å². The summed E-state index contributed by atoms with van der Waals surface area (Å²) in [6, 6.07) is 10.6. The topological polar surface area (TPSA) is 102 Å². The van der Waals surface area contributed by atoms with Crippen LogP contribution in [-0.4, -0.2) is 30.1 Å². The maximum Gasteiger partial charge on any atom is 0.265 e. The molecule has 0 atom stereocenters. The van der Waals surface area contributed by atoms with Gasteiger partial charge in [0.2, 0.25) is 0 Å². The smallest absolute Gasteiger partial charge is 0.265 e. The molecule has 7 nitrogen and oxygen atoms in total. The molecule has 118 valence electrons. The molecule has 2 aromatic carbocycles. The Hall–Kier alpha value is -3.06. The van der Waals surface area contributed by atoms with E-state index in [2.05, 4.69) is 15.4 Å². The number of nitrogens with zero attached hydrogens (tertiary/aromatic N) is 1. The number of hydrogen-bond donors (Lipinski definition) is 3. The number of rotatable bonds is 4. The molecule has 7 heteroatoms. The molecule has 1 amide bonds. The maximum absolute atomic E-state index is 11.5. The summed E-state index contributed by atoms with van der Waals surface area (Å²) in [7, 11) is 3.17. The Kier molecular flexibility index (Phi) is 3.86. The number of hydrogen-bond acceptors (Lipinski definition) is 5. The van der Waals surface area contributed by atoms with Crippen LogP contribution in [0.5, 0.6) is 11.5 Å². The molecule has 1 aromatic heterocycles. The number of nitrogen functional groups attached to an aromatic ring is 1. The van der Waals surface area contributed by atoms with Crippen LogP contribution in [0.4, 0.5) is 0 Å². The van der Waals surface area contributed by atoms with Crippen molar-refractivity contribution in [3.8, 4) is 22.9 Å². The van der Waals surface area contributed by atoms with Gasteiger partial charge in [-0.05, 0) is 12.1 Å². The molecule has 1 heterocycles. The van der Waals surface area contributed by atoms with E-state index in [0.717, 1.165) is 16.6 Å². The molecule has 4 N–H and O–H groups in total. The summed E-state index contributed by atoms with van der Waals surface area (Å²) >= 11 is 0. The predicted molar refractivity (Wildman–Crippen MR) is 86.3 cm³/mol. The zero-order valence-corrected chi connectivity index (χ0v) is 12.7. The summed E-state index contributed by atoms with van der Waals surface area (Å²) in [6.07, 6.45) is 0. The van der Waals surface area contributed by atoms with E-state index in [1.807, 2.05) is 12.1 Å². The van der Waals surface area contributed by atoms with Crippen LogP contribution >= 0.6 is 0 Å². The van der Waals surface area contributed by atoms with Crippen molar-refractivity contribution in [2.45, 2.75) is 0 Å². The highest BCUT2D eigenvalue weighted by molar-refractivity contribution is 5.94. The van der Waals surface area contributed by atoms with Gasteiger partial charge in [0.25, 0.3) is 5.91 Å². The first-order valence-corrected chi connectivity index (χ1v) is 6.89. The highest BCUT2D eigenvalue weighted by Crippen LogP contribution is 2.32. The quantitative estimate of drug-likeness (QED) is 0.387. The van der Waals surface area contributed by atoms with Crippen LogP contribution in [0.1, 0.15) is 10.4 Å². The minimum atomic E-state index is -0.337. The SMILES string of the molecule is COc1cc2nc(-c3ccc(C(=O)NN)cc3)[nH]c2cc1OC. The first-order valence-electron chi connectivity index (χ1n) is 6.89. The number of benzene rings is 2. The number of imidazole rings is 1. The number of carbonyl (C=O) groups excluding carboxylic acids is 1. The Morgan fingerprint density at radius 2 is 1.78 bits per heavy atom. The summed E-state index contributed by atoms with van der Waals surface area (Å²) in [4.78, 5) is 19.2. The average molecular weight is 312 g/mol. The summed E-state index contributed by atoms with van der Waals surface area (Å²) in [5.41, 5.74) is 5.03. The summed E-state index contributed by atoms with van der Waals surface area (Å²) in [5, 5.41) is 0. The molecule has 0 aliphatic rings. The van der Waals surface area contributed by atoms with Gasteiger partial charge in [-0.2, -0.15) is 0 Å². The molecule has 3 aromatic rings. The Balaban J connectivity index is 2.01. The van der Waals surface area contributed by atoms with Crippen LogP contribution in [0.25, 0.3) is 22.4 Å². The fourth-order valence-corrected chi connectivity index (χ4v) is 2.34. The lowest BCUT2D eigenvalue weighted by Crippen LogP contribution is -2.29. The number of carbonyl (C=O) groups is 1. The van der Waals surface area contributed by atoms with E-state index in [1.165, 1.54) is 0 Å². The third-order valence-electron chi connectivity index (χ3n) is 3.54. The van der Waals surface area contributed by atoms with E-state index < -0.39 is 0 Å². The number of H-pyrrole nitrogens is 1. The van der Waals surface area contributed by atoms with E-state index in [9.17, 15) is 4.79 Å². The lowest BCUT2D eigenvalue weighted by molar-refractivity contribution is 0.0953. The summed E-state index contributed by atoms with van der Waals surface area (Å²) in [5.74, 6) is 6.72. The zero-order chi connectivity index (χ0) is 16.4. The van der Waals surface area contributed by atoms with Crippen molar-refractivity contribution >= 4 is 16.9 Å². The maximum atomic E-state index is 11.5. The van der Waals surface area contributed by atoms with E-state index >= 15 is 0 Å². The number of aromatic amines is 1. The van der Waals surface area contributed by atoms with Gasteiger partial charge < -0.3 is 14.5 Å². The third-order valence-corrected chi connectivity index (χ3v) is 3.54. The van der Waals surface area contributed by atoms with Crippen molar-refractivity contribution in [1.29, 1.82) is 0 Å². The van der Waals surface area contributed by atoms with Crippen LogP contribution in [0, 0.1) is 0 Å². The Morgan fingerprint density at radius 1 is 1.13 bits per heavy atom. The summed E-state index contributed by atoms with van der Waals surface area (Å²) in [6.45, 7) is 0. The Labute approximate surface area is 132 Å². The van der Waals surface area contributed by atoms with Crippen LogP contribution in [-0.2, 0) is 0 Å². The van der Waals surface area contributed by atoms with Gasteiger partial charge in [0, 0.05) is 23.3 Å². The van der Waals surface area contributed by atoms with Crippen molar-refractivity contribution < 1.29 is 14.3 Å². The minimum absolute atomic E-state index is 0.337. The van der Waals surface area contributed by atoms with Gasteiger partial charge >= 0.3 is 0 Å². The van der Waals surface area contributed by atoms with Crippen molar-refractivity contribution in [3.63, 3.8) is 0 Å². The largest absolute Gasteiger partial charge is 0.493 e. The molecule has 0 saturated heterocycles. The van der Waals surface area contributed by atoms with Crippen LogP contribution < -0.4 is 20.7 Å². The second-order valence-electron chi connectivity index (χ2n) is 4.86. The molecule has 3 rings (SSSR count). The van der Waals surface area contributed by atoms with E-state index in [0.29, 0.717) is 22.9 Å². The number of hydrazine groups is 1. The highest BCUT2D eigenvalue weighted by Gasteiger charge is 2.11. The minimum Gasteiger partial charge on any atom is -0.493 e. The molecule has 0 bridgehead atoms. The molecule has 0 aliphatic heterocycles. The normalized spacial score (nSPS) is 10.6. The second-order valence-corrected chi connectivity index (χ2v) is 4.86. The zero-order valence-electron chi connectivity index (χ0n) is 12.7. The fourth-order valence-electron chi connectivity index (χ4n) is 2.34. The fraction of sp³-hybridized carbons (Fsp3) is 0.125. The lowest BCUT2D eigenvalue weighted by atomic mass is 10.1. The van der Waals surface area contributed by atoms with Gasteiger partial charge in [-0.15, -0.1) is 0 Å². The third kappa shape index (κ3) is 2.69. The molecular weight excluding hydrogens is 296 g/mol. The Morgan fingerprint density at radius 3 is 2.39 bits per heavy atom. The molecule has 0 unspecified atom stereocenters. The monoisotopic (exact) mass is 312 g/mol. The van der Waals surface area contributed by atoms with Gasteiger partial charge in [0.05, 0.1) is 25.3 Å². The van der Waals surface area contributed by atoms with Crippen molar-refractivity contribution in [2.24, 2.45) is 5.84 Å². The standard InChI is InChI=1S/C16H16N4O3/c1-22-13-7-11-12(8-14(13)23-2)19-15(18-11)9-3-5-10(6-4-9)16(21)20-17/h3-8H,17H2,1-2H3,(H,18,19)(H,20,21). The number of amides is 1. The average Bonchev–Trinajstić information content (AvgIpc) is 3.02. The number of ether oxygens (including phenoxy) is 2. The number of nitrogens with two attached hydrogens (primary N) is 1. The molecule has 0 radical (unpaired) electrons. The number of aromatic nitrogens is 2. The van der Waals surface area contributed by atoms with Crippen molar-refractivity contribution in [1.82, 2.24) is 15.4 Å². The molecule has 0 aliphatic carbocycles. The Bertz CT molecular complexity index is 815. The number of methoxy groups -OCH3 is 2. The van der Waals surface area contributed by atoms with Crippen molar-refractivity contribution in [3.05, 3.63) is 42.0 Å². The van der Waals surface area contributed by atoms with E-state index in [4.69, 9.17) is 15.3 Å². The lowest BCUT2D eigenvalue weighted by Gasteiger charge is -2.06. The van der Waals surface area contributed by atoms with Gasteiger partial charge in [0.15, 0.2) is 11.5 Å². The summed E-state index contributed by atoms with van der Waals surface area (Å²) < 4.78 is 10.6. The van der Waals surface area contributed by atoms with E-state index in [1.54, 1.807) is 38.5 Å². The second kappa shape index (κ2) is 5.98. The first kappa shape index (κ1) is 14.9. The van der Waals surface area contributed by atoms with Gasteiger partial charge in [0.1, 0.15) is 5.82 Å². The molecular formula is C16H16N4O3. The van der Waals surface area contributed by atoms with Crippen LogP contribution in [0.2, 0.25) is 0 Å². The highest BCUT2D eigenvalue weighted by atomic mass is 16.5. The van der Waals surface area contributed by atoms with Crippen molar-refractivity contribution in [2.75, 3.05) is 14.2 Å². The molecule has 0 saturated carbocycles.